The van der Waals surface area contributed by atoms with E-state index in [0.717, 1.165) is 0 Å². The van der Waals surface area contributed by atoms with E-state index in [-0.39, 0.29) is 18.9 Å². The number of halogens is 24. The molecule has 0 aliphatic carbocycles. The number of benzene rings is 5. The summed E-state index contributed by atoms with van der Waals surface area (Å²) in [6.07, 6.45) is -50.0. The highest BCUT2D eigenvalue weighted by Gasteiger charge is 2.47. The van der Waals surface area contributed by atoms with E-state index in [0.29, 0.717) is 11.4 Å². The van der Waals surface area contributed by atoms with Crippen molar-refractivity contribution in [2.45, 2.75) is 56.0 Å². The zero-order valence-electron chi connectivity index (χ0n) is 36.8. The summed E-state index contributed by atoms with van der Waals surface area (Å²) in [4.78, 5) is 16.0. The molecule has 0 spiro atoms. The summed E-state index contributed by atoms with van der Waals surface area (Å²) in [6.45, 7) is 0.138. The number of hydrogen-bond acceptors (Lipinski definition) is 4. The average molecular weight is 1120 g/mol. The summed E-state index contributed by atoms with van der Waals surface area (Å²) in [6, 6.07) is 2.12. The van der Waals surface area contributed by atoms with Crippen molar-refractivity contribution in [3.8, 4) is 11.9 Å². The first-order chi connectivity index (χ1) is 34.6. The van der Waals surface area contributed by atoms with E-state index in [2.05, 4.69) is 4.98 Å². The fourth-order valence-electron chi connectivity index (χ4n) is 7.64. The predicted octanol–water partition coefficient (Wildman–Crippen LogP) is 12.4. The molecule has 0 fully saturated rings. The first-order valence-corrected chi connectivity index (χ1v) is 20.3. The molecule has 1 heterocycles. The quantitative estimate of drug-likeness (QED) is 0.0626. The van der Waals surface area contributed by atoms with E-state index in [1.54, 1.807) is 29.1 Å². The lowest BCUT2D eigenvalue weighted by Gasteiger charge is -2.46. The van der Waals surface area contributed by atoms with Gasteiger partial charge in [-0.05, 0) is 24.3 Å². The topological polar surface area (TPSA) is 66.9 Å². The van der Waals surface area contributed by atoms with Crippen LogP contribution in [0.1, 0.15) is 54.9 Å². The smallest absolute Gasteiger partial charge is 0.416 e. The molecule has 0 saturated heterocycles. The second-order valence-corrected chi connectivity index (χ2v) is 16.0. The third-order valence-corrected chi connectivity index (χ3v) is 10.9. The third kappa shape index (κ3) is 14.1. The lowest BCUT2D eigenvalue weighted by Crippen LogP contribution is -2.75. The van der Waals surface area contributed by atoms with Gasteiger partial charge in [-0.2, -0.15) is 137 Å². The van der Waals surface area contributed by atoms with Gasteiger partial charge in [0.15, 0.2) is 12.8 Å². The number of nitrogens with zero attached hydrogens (tertiary/aromatic N) is 3. The maximum atomic E-state index is 14.2. The normalized spacial score (nSPS) is 13.1. The summed E-state index contributed by atoms with van der Waals surface area (Å²) in [5, 5.41) is 8.43. The molecule has 1 aromatic heterocycles. The van der Waals surface area contributed by atoms with Crippen LogP contribution >= 0.6 is 0 Å². The van der Waals surface area contributed by atoms with E-state index in [1.807, 2.05) is 24.3 Å². The van der Waals surface area contributed by atoms with E-state index in [1.165, 1.54) is 6.20 Å². The molecule has 0 radical (unpaired) electrons. The van der Waals surface area contributed by atoms with Crippen LogP contribution in [0.5, 0.6) is 5.88 Å². The van der Waals surface area contributed by atoms with Crippen LogP contribution in [-0.2, 0) is 56.0 Å². The van der Waals surface area contributed by atoms with E-state index < -0.39 is 195 Å². The number of hydrogen-bond donors (Lipinski definition) is 0. The Morgan fingerprint density at radius 3 is 0.987 bits per heavy atom. The highest BCUT2D eigenvalue weighted by Crippen LogP contribution is 2.41. The van der Waals surface area contributed by atoms with Crippen molar-refractivity contribution in [3.63, 3.8) is 0 Å². The third-order valence-electron chi connectivity index (χ3n) is 10.9. The van der Waals surface area contributed by atoms with Gasteiger partial charge in [0.1, 0.15) is 12.2 Å². The molecular weight excluding hydrogens is 1090 g/mol. The van der Waals surface area contributed by atoms with E-state index >= 15 is 0 Å². The monoisotopic (exact) mass is 1120 g/mol. The van der Waals surface area contributed by atoms with Crippen LogP contribution in [0.4, 0.5) is 105 Å². The van der Waals surface area contributed by atoms with Gasteiger partial charge in [0.05, 0.1) is 50.7 Å². The molecule has 0 bridgehead atoms. The van der Waals surface area contributed by atoms with E-state index in [9.17, 15) is 110 Å². The van der Waals surface area contributed by atoms with Gasteiger partial charge in [-0.15, -0.1) is 0 Å². The first-order valence-electron chi connectivity index (χ1n) is 20.3. The number of alkyl halides is 24. The number of nitriles is 1. The van der Waals surface area contributed by atoms with Gasteiger partial charge in [-0.1, -0.05) is 78.9 Å². The SMILES string of the molecule is FC(F)(F)c1cc([B-](c2cc(C(F)(F)F)cc(C(F)(F)F)c2)(c2cc(C(F)(F)F)cc(C(F)(F)F)c2)c2cc(C(F)(F)F)cc(C(F)(F)F)c2)cc(C(F)(F)F)c1.N#CCOc1c[n+](CC(=O)c2ccccc2)ccn1. The molecular formula is C46H24BF24N3O2. The van der Waals surface area contributed by atoms with Crippen LogP contribution in [0.3, 0.4) is 0 Å². The zero-order chi connectivity index (χ0) is 57.4. The fourth-order valence-corrected chi connectivity index (χ4v) is 7.64. The van der Waals surface area contributed by atoms with Gasteiger partial charge >= 0.3 is 49.4 Å². The Labute approximate surface area is 409 Å². The second-order valence-electron chi connectivity index (χ2n) is 16.0. The number of carbonyl (C=O) groups is 1. The first kappa shape index (κ1) is 59.4. The zero-order valence-corrected chi connectivity index (χ0v) is 36.8. The molecule has 30 heteroatoms. The van der Waals surface area contributed by atoms with Crippen molar-refractivity contribution in [3.05, 3.63) is 172 Å². The molecule has 5 aromatic carbocycles. The number of ether oxygens (including phenoxy) is 1. The Balaban J connectivity index is 0.000000468. The van der Waals surface area contributed by atoms with Gasteiger partial charge in [0.25, 0.3) is 5.88 Å². The second kappa shape index (κ2) is 20.9. The van der Waals surface area contributed by atoms with Crippen molar-refractivity contribution >= 4 is 33.8 Å². The highest BCUT2D eigenvalue weighted by atomic mass is 19.4. The predicted molar refractivity (Wildman–Crippen MR) is 216 cm³/mol. The lowest BCUT2D eigenvalue weighted by molar-refractivity contribution is -0.684. The molecule has 406 valence electrons. The van der Waals surface area contributed by atoms with Crippen LogP contribution in [0.25, 0.3) is 0 Å². The molecule has 0 saturated carbocycles. The minimum atomic E-state index is -6.13. The largest absolute Gasteiger partial charge is 0.458 e. The molecule has 0 aliphatic rings. The number of rotatable bonds is 9. The van der Waals surface area contributed by atoms with Crippen LogP contribution in [-0.4, -0.2) is 23.5 Å². The maximum absolute atomic E-state index is 14.2. The Kier molecular flexibility index (Phi) is 16.3. The molecule has 0 unspecified atom stereocenters. The van der Waals surface area contributed by atoms with Gasteiger partial charge in [0.2, 0.25) is 18.5 Å². The molecule has 6 aromatic rings. The fraction of sp³-hybridized carbons (Fsp3) is 0.217. The molecule has 5 nitrogen and oxygen atoms in total. The van der Waals surface area contributed by atoms with Gasteiger partial charge in [-0.3, -0.25) is 4.79 Å². The van der Waals surface area contributed by atoms with Crippen LogP contribution < -0.4 is 31.2 Å². The summed E-state index contributed by atoms with van der Waals surface area (Å²) < 4.78 is 348. The molecule has 76 heavy (non-hydrogen) atoms. The Morgan fingerprint density at radius 1 is 0.461 bits per heavy atom. The molecule has 0 N–H and O–H groups in total. The van der Waals surface area contributed by atoms with Gasteiger partial charge in [-0.25, -0.2) is 4.98 Å². The standard InChI is InChI=1S/C32H12BF24.C14H12N3O2/c34-25(35,36)13-1-14(26(37,38)39)6-21(5-13)33(22-7-15(27(40,41)42)2-16(8-22)28(43,44)45,23-9-17(29(46,47)48)3-18(10-23)30(49,50)51)24-11-19(31(52,53)54)4-20(12-24)32(55,56)57;15-6-9-19-14-11-17(8-7-16-14)10-13(18)12-4-2-1-3-5-12/h1-12H;1-5,7-8,11H,9-10H2/q-1;+1. The minimum absolute atomic E-state index is 0.00281. The van der Waals surface area contributed by atoms with E-state index in [4.69, 9.17) is 10.00 Å². The van der Waals surface area contributed by atoms with Crippen molar-refractivity contribution < 1.29 is 119 Å². The van der Waals surface area contributed by atoms with Crippen LogP contribution in [0.2, 0.25) is 0 Å². The van der Waals surface area contributed by atoms with Crippen molar-refractivity contribution in [1.82, 2.24) is 4.98 Å². The van der Waals surface area contributed by atoms with Crippen LogP contribution in [0, 0.1) is 11.3 Å². The average Bonchev–Trinajstić information content (AvgIpc) is 3.29. The van der Waals surface area contributed by atoms with Gasteiger partial charge in [0, 0.05) is 5.56 Å². The number of aromatic nitrogens is 2. The van der Waals surface area contributed by atoms with Gasteiger partial charge < -0.3 is 4.74 Å². The Bertz CT molecular complexity index is 2670. The van der Waals surface area contributed by atoms with Crippen molar-refractivity contribution in [1.29, 1.82) is 5.26 Å². The number of ketones is 1. The Morgan fingerprint density at radius 2 is 0.737 bits per heavy atom. The maximum Gasteiger partial charge on any atom is 0.416 e. The summed E-state index contributed by atoms with van der Waals surface area (Å²) in [5.74, 6) is 0.327. The summed E-state index contributed by atoms with van der Waals surface area (Å²) >= 11 is 0. The van der Waals surface area contributed by atoms with Crippen LogP contribution in [0.15, 0.2) is 122 Å². The molecule has 0 atom stereocenters. The summed E-state index contributed by atoms with van der Waals surface area (Å²) in [7, 11) is 0. The summed E-state index contributed by atoms with van der Waals surface area (Å²) in [5.41, 5.74) is -29.5. The van der Waals surface area contributed by atoms with Crippen molar-refractivity contribution in [2.24, 2.45) is 0 Å². The van der Waals surface area contributed by atoms with Crippen molar-refractivity contribution in [2.75, 3.05) is 6.61 Å². The number of Topliss-reactive ketones (excluding diaryl/α,β-unsaturated/α-hetero) is 1. The Hall–Kier alpha value is -7.48. The molecule has 0 amide bonds. The molecule has 0 aliphatic heterocycles. The lowest BCUT2D eigenvalue weighted by atomic mass is 9.12. The number of carbonyl (C=O) groups excluding carboxylic acids is 1. The minimum Gasteiger partial charge on any atom is -0.458 e. The molecule has 6 rings (SSSR count). The highest BCUT2D eigenvalue weighted by molar-refractivity contribution is 7.20.